The molecule has 1 unspecified atom stereocenters. The van der Waals surface area contributed by atoms with Gasteiger partial charge in [0.05, 0.1) is 18.4 Å². The molecular weight excluding hydrogens is 418 g/mol. The van der Waals surface area contributed by atoms with Crippen LogP contribution in [-0.4, -0.2) is 32.8 Å². The first-order valence-electron chi connectivity index (χ1n) is 9.56. The van der Waals surface area contributed by atoms with Crippen molar-refractivity contribution in [1.29, 1.82) is 0 Å². The molecule has 1 atom stereocenters. The lowest BCUT2D eigenvalue weighted by atomic mass is 10.1. The number of carbonyl (C=O) groups excluding carboxylic acids is 1. The van der Waals surface area contributed by atoms with Gasteiger partial charge in [0.15, 0.2) is 11.8 Å². The Morgan fingerprint density at radius 1 is 1.16 bits per heavy atom. The molecule has 0 bridgehead atoms. The van der Waals surface area contributed by atoms with Crippen molar-refractivity contribution >= 4 is 23.2 Å². The second-order valence-electron chi connectivity index (χ2n) is 6.93. The summed E-state index contributed by atoms with van der Waals surface area (Å²) in [6.07, 6.45) is -1.54. The summed E-state index contributed by atoms with van der Waals surface area (Å²) in [5.74, 6) is -0.114. The van der Waals surface area contributed by atoms with Crippen molar-refractivity contribution in [1.82, 2.24) is 14.6 Å². The third kappa shape index (κ3) is 4.23. The summed E-state index contributed by atoms with van der Waals surface area (Å²) in [6.45, 7) is 2.12. The molecule has 0 aliphatic heterocycles. The van der Waals surface area contributed by atoms with E-state index in [0.29, 0.717) is 29.4 Å². The van der Waals surface area contributed by atoms with Gasteiger partial charge in [-0.3, -0.25) is 0 Å². The van der Waals surface area contributed by atoms with Crippen molar-refractivity contribution in [2.75, 3.05) is 7.11 Å². The average Bonchev–Trinajstić information content (AvgIpc) is 3.22. The first kappa shape index (κ1) is 20.8. The number of aliphatic hydroxyl groups excluding tert-OH is 1. The SMILES string of the molecule is COC(=O)C(O)c1c(C)nc2cc(-c3cccc(OCc4ccccc4)c3)nn2c1Cl. The Morgan fingerprint density at radius 3 is 2.68 bits per heavy atom. The zero-order chi connectivity index (χ0) is 22.0. The van der Waals surface area contributed by atoms with Crippen LogP contribution in [0.5, 0.6) is 5.75 Å². The number of hydrogen-bond acceptors (Lipinski definition) is 6. The number of ether oxygens (including phenoxy) is 2. The van der Waals surface area contributed by atoms with Gasteiger partial charge in [0.25, 0.3) is 0 Å². The molecule has 1 N–H and O–H groups in total. The van der Waals surface area contributed by atoms with Gasteiger partial charge in [-0.05, 0) is 24.6 Å². The number of benzene rings is 2. The summed E-state index contributed by atoms with van der Waals surface area (Å²) in [4.78, 5) is 16.2. The van der Waals surface area contributed by atoms with Gasteiger partial charge < -0.3 is 14.6 Å². The largest absolute Gasteiger partial charge is 0.489 e. The topological polar surface area (TPSA) is 86.0 Å². The third-order valence-corrected chi connectivity index (χ3v) is 5.21. The summed E-state index contributed by atoms with van der Waals surface area (Å²) in [5, 5.41) is 14.9. The smallest absolute Gasteiger partial charge is 0.339 e. The second kappa shape index (κ2) is 8.75. The lowest BCUT2D eigenvalue weighted by Crippen LogP contribution is -2.17. The standard InChI is InChI=1S/C23H20ClN3O4/c1-14-20(21(28)23(29)30-2)22(24)27-19(25-14)12-18(26-27)16-9-6-10-17(11-16)31-13-15-7-4-3-5-8-15/h3-12,21,28H,13H2,1-2H3. The number of rotatable bonds is 6. The van der Waals surface area contributed by atoms with Crippen molar-refractivity contribution < 1.29 is 19.4 Å². The first-order valence-corrected chi connectivity index (χ1v) is 9.94. The van der Waals surface area contributed by atoms with E-state index in [0.717, 1.165) is 11.1 Å². The highest BCUT2D eigenvalue weighted by molar-refractivity contribution is 6.30. The number of aromatic nitrogens is 3. The van der Waals surface area contributed by atoms with E-state index in [1.807, 2.05) is 54.6 Å². The molecule has 8 heteroatoms. The lowest BCUT2D eigenvalue weighted by molar-refractivity contribution is -0.150. The number of hydrogen-bond donors (Lipinski definition) is 1. The van der Waals surface area contributed by atoms with Crippen molar-refractivity contribution in [2.45, 2.75) is 19.6 Å². The van der Waals surface area contributed by atoms with Gasteiger partial charge in [0.2, 0.25) is 0 Å². The fraction of sp³-hybridized carbons (Fsp3) is 0.174. The van der Waals surface area contributed by atoms with Crippen LogP contribution in [0.1, 0.15) is 22.9 Å². The quantitative estimate of drug-likeness (QED) is 0.360. The molecule has 0 amide bonds. The normalized spacial score (nSPS) is 12.0. The fourth-order valence-electron chi connectivity index (χ4n) is 3.26. The Bertz CT molecular complexity index is 1240. The molecule has 2 heterocycles. The molecule has 0 saturated heterocycles. The van der Waals surface area contributed by atoms with Gasteiger partial charge in [0.1, 0.15) is 17.5 Å². The Morgan fingerprint density at radius 2 is 1.94 bits per heavy atom. The van der Waals surface area contributed by atoms with Gasteiger partial charge in [-0.2, -0.15) is 5.10 Å². The van der Waals surface area contributed by atoms with Gasteiger partial charge >= 0.3 is 5.97 Å². The van der Waals surface area contributed by atoms with E-state index in [1.165, 1.54) is 11.6 Å². The van der Waals surface area contributed by atoms with Crippen LogP contribution in [0, 0.1) is 6.92 Å². The molecule has 0 saturated carbocycles. The summed E-state index contributed by atoms with van der Waals surface area (Å²) in [6, 6.07) is 19.2. The highest BCUT2D eigenvalue weighted by Gasteiger charge is 2.26. The van der Waals surface area contributed by atoms with Gasteiger partial charge in [0, 0.05) is 17.3 Å². The van der Waals surface area contributed by atoms with E-state index >= 15 is 0 Å². The number of esters is 1. The van der Waals surface area contributed by atoms with E-state index in [2.05, 4.69) is 14.8 Å². The predicted molar refractivity (Wildman–Crippen MR) is 116 cm³/mol. The summed E-state index contributed by atoms with van der Waals surface area (Å²) in [7, 11) is 1.19. The molecule has 2 aromatic carbocycles. The molecule has 0 fully saturated rings. The molecule has 4 aromatic rings. The van der Waals surface area contributed by atoms with Crippen LogP contribution < -0.4 is 4.74 Å². The summed E-state index contributed by atoms with van der Waals surface area (Å²) >= 11 is 6.46. The molecule has 0 aliphatic carbocycles. The highest BCUT2D eigenvalue weighted by atomic mass is 35.5. The number of methoxy groups -OCH3 is 1. The van der Waals surface area contributed by atoms with Gasteiger partial charge in [-0.25, -0.2) is 14.3 Å². The number of aliphatic hydroxyl groups is 1. The zero-order valence-corrected chi connectivity index (χ0v) is 17.7. The Hall–Kier alpha value is -3.42. The number of aryl methyl sites for hydroxylation is 1. The minimum Gasteiger partial charge on any atom is -0.489 e. The number of fused-ring (bicyclic) bond motifs is 1. The highest BCUT2D eigenvalue weighted by Crippen LogP contribution is 2.30. The van der Waals surface area contributed by atoms with Crippen molar-refractivity contribution in [3.05, 3.63) is 82.6 Å². The fourth-order valence-corrected chi connectivity index (χ4v) is 3.62. The molecule has 4 rings (SSSR count). The van der Waals surface area contributed by atoms with Crippen LogP contribution >= 0.6 is 11.6 Å². The molecule has 31 heavy (non-hydrogen) atoms. The van der Waals surface area contributed by atoms with E-state index in [-0.39, 0.29) is 10.7 Å². The molecule has 158 valence electrons. The summed E-state index contributed by atoms with van der Waals surface area (Å²) in [5.41, 5.74) is 3.60. The van der Waals surface area contributed by atoms with Crippen LogP contribution in [0.25, 0.3) is 16.9 Å². The van der Waals surface area contributed by atoms with E-state index in [9.17, 15) is 9.90 Å². The number of nitrogens with zero attached hydrogens (tertiary/aromatic N) is 3. The maximum atomic E-state index is 11.8. The minimum absolute atomic E-state index is 0.100. The van der Waals surface area contributed by atoms with Crippen molar-refractivity contribution in [2.24, 2.45) is 0 Å². The van der Waals surface area contributed by atoms with E-state index in [4.69, 9.17) is 16.3 Å². The van der Waals surface area contributed by atoms with Crippen LogP contribution in [0.15, 0.2) is 60.7 Å². The van der Waals surface area contributed by atoms with Crippen LogP contribution in [0.2, 0.25) is 5.15 Å². The summed E-state index contributed by atoms with van der Waals surface area (Å²) < 4.78 is 11.9. The van der Waals surface area contributed by atoms with Gasteiger partial charge in [-0.1, -0.05) is 54.1 Å². The zero-order valence-electron chi connectivity index (χ0n) is 16.9. The molecule has 7 nitrogen and oxygen atoms in total. The molecule has 0 aliphatic rings. The average molecular weight is 438 g/mol. The van der Waals surface area contributed by atoms with Gasteiger partial charge in [-0.15, -0.1) is 0 Å². The maximum Gasteiger partial charge on any atom is 0.339 e. The van der Waals surface area contributed by atoms with Crippen LogP contribution in [0.4, 0.5) is 0 Å². The molecule has 0 spiro atoms. The lowest BCUT2D eigenvalue weighted by Gasteiger charge is -2.13. The second-order valence-corrected chi connectivity index (χ2v) is 7.29. The van der Waals surface area contributed by atoms with Crippen LogP contribution in [-0.2, 0) is 16.1 Å². The van der Waals surface area contributed by atoms with Crippen molar-refractivity contribution in [3.8, 4) is 17.0 Å². The van der Waals surface area contributed by atoms with Crippen molar-refractivity contribution in [3.63, 3.8) is 0 Å². The van der Waals surface area contributed by atoms with Crippen LogP contribution in [0.3, 0.4) is 0 Å². The molecule has 2 aromatic heterocycles. The Kier molecular flexibility index (Phi) is 5.88. The Balaban J connectivity index is 1.66. The first-order chi connectivity index (χ1) is 15.0. The molecular formula is C23H20ClN3O4. The van der Waals surface area contributed by atoms with E-state index in [1.54, 1.807) is 13.0 Å². The predicted octanol–water partition coefficient (Wildman–Crippen LogP) is 4.14. The van der Waals surface area contributed by atoms with E-state index < -0.39 is 12.1 Å². The number of halogens is 1. The minimum atomic E-state index is -1.54. The molecule has 0 radical (unpaired) electrons. The third-order valence-electron chi connectivity index (χ3n) is 4.85. The maximum absolute atomic E-state index is 11.8. The Labute approximate surface area is 183 Å². The monoisotopic (exact) mass is 437 g/mol. The number of carbonyl (C=O) groups is 1.